The van der Waals surface area contributed by atoms with E-state index in [0.717, 1.165) is 53.3 Å². The van der Waals surface area contributed by atoms with Crippen LogP contribution in [0.15, 0.2) is 33.9 Å². The molecular formula is C30H44F3N3O6. The highest BCUT2D eigenvalue weighted by atomic mass is 19.4. The average molecular weight is 600 g/mol. The number of alkyl halides is 3. The van der Waals surface area contributed by atoms with Gasteiger partial charge in [0.25, 0.3) is 5.88 Å². The second kappa shape index (κ2) is 18.3. The van der Waals surface area contributed by atoms with E-state index in [9.17, 15) is 27.6 Å². The Morgan fingerprint density at radius 1 is 0.952 bits per heavy atom. The molecule has 2 rings (SSSR count). The SMILES string of the molecule is CCCCCCCn1c(=O)c(OCCCCc2ccc(OC(C)COC(=O)CC)cc2)nn(CCCC(F)(F)F)c1=O. The summed E-state index contributed by atoms with van der Waals surface area (Å²) < 4.78 is 56.3. The minimum absolute atomic E-state index is 0.169. The fourth-order valence-electron chi connectivity index (χ4n) is 4.19. The summed E-state index contributed by atoms with van der Waals surface area (Å²) in [7, 11) is 0. The number of hydrogen-bond donors (Lipinski definition) is 0. The van der Waals surface area contributed by atoms with Crippen molar-refractivity contribution in [1.82, 2.24) is 14.3 Å². The highest BCUT2D eigenvalue weighted by Crippen LogP contribution is 2.21. The molecule has 0 radical (unpaired) electrons. The van der Waals surface area contributed by atoms with Crippen molar-refractivity contribution in [3.8, 4) is 11.6 Å². The van der Waals surface area contributed by atoms with E-state index in [1.165, 1.54) is 0 Å². The van der Waals surface area contributed by atoms with E-state index in [2.05, 4.69) is 12.0 Å². The molecule has 0 bridgehead atoms. The normalized spacial score (nSPS) is 12.2. The van der Waals surface area contributed by atoms with Crippen molar-refractivity contribution in [2.24, 2.45) is 0 Å². The fraction of sp³-hybridized carbons (Fsp3) is 0.667. The number of ether oxygens (including phenoxy) is 3. The van der Waals surface area contributed by atoms with Crippen molar-refractivity contribution in [3.63, 3.8) is 0 Å². The lowest BCUT2D eigenvalue weighted by molar-refractivity contribution is -0.145. The standard InChI is InChI=1S/C30H44F3N3O6/c1-4-6-7-8-10-19-35-28(38)27(34-36(29(35)39)20-12-18-30(31,32)33)40-21-11-9-13-24-14-16-25(17-15-24)42-23(3)22-41-26(37)5-2/h14-17,23H,4-13,18-22H2,1-3H3. The zero-order valence-electron chi connectivity index (χ0n) is 24.9. The molecule has 1 heterocycles. The average Bonchev–Trinajstić information content (AvgIpc) is 2.95. The molecule has 1 unspecified atom stereocenters. The number of aromatic nitrogens is 3. The monoisotopic (exact) mass is 599 g/mol. The van der Waals surface area contributed by atoms with Gasteiger partial charge in [-0.3, -0.25) is 14.2 Å². The maximum Gasteiger partial charge on any atom is 0.389 e. The summed E-state index contributed by atoms with van der Waals surface area (Å²) in [5.41, 5.74) is -0.292. The van der Waals surface area contributed by atoms with Gasteiger partial charge in [-0.15, -0.1) is 5.10 Å². The van der Waals surface area contributed by atoms with E-state index >= 15 is 0 Å². The van der Waals surface area contributed by atoms with Gasteiger partial charge in [-0.25, -0.2) is 9.48 Å². The predicted molar refractivity (Wildman–Crippen MR) is 153 cm³/mol. The highest BCUT2D eigenvalue weighted by Gasteiger charge is 2.26. The van der Waals surface area contributed by atoms with E-state index in [4.69, 9.17) is 14.2 Å². The van der Waals surface area contributed by atoms with Gasteiger partial charge >= 0.3 is 23.4 Å². The van der Waals surface area contributed by atoms with Crippen LogP contribution in [0.4, 0.5) is 13.2 Å². The van der Waals surface area contributed by atoms with Gasteiger partial charge in [0.05, 0.1) is 6.61 Å². The van der Waals surface area contributed by atoms with Crippen molar-refractivity contribution < 1.29 is 32.2 Å². The Hall–Kier alpha value is -3.31. The predicted octanol–water partition coefficient (Wildman–Crippen LogP) is 5.84. The summed E-state index contributed by atoms with van der Waals surface area (Å²) >= 11 is 0. The van der Waals surface area contributed by atoms with Gasteiger partial charge < -0.3 is 14.2 Å². The highest BCUT2D eigenvalue weighted by molar-refractivity contribution is 5.68. The van der Waals surface area contributed by atoms with E-state index in [0.29, 0.717) is 25.0 Å². The summed E-state index contributed by atoms with van der Waals surface area (Å²) in [6, 6.07) is 7.58. The molecule has 0 fully saturated rings. The Balaban J connectivity index is 1.91. The van der Waals surface area contributed by atoms with E-state index < -0.39 is 23.8 Å². The van der Waals surface area contributed by atoms with Crippen LogP contribution >= 0.6 is 0 Å². The third-order valence-corrected chi connectivity index (χ3v) is 6.53. The topological polar surface area (TPSA) is 102 Å². The Bertz CT molecular complexity index is 1190. The zero-order valence-corrected chi connectivity index (χ0v) is 24.9. The second-order valence-electron chi connectivity index (χ2n) is 10.3. The summed E-state index contributed by atoms with van der Waals surface area (Å²) in [6.07, 6.45) is 0.963. The van der Waals surface area contributed by atoms with E-state index in [1.807, 2.05) is 31.2 Å². The molecule has 1 aromatic heterocycles. The maximum atomic E-state index is 12.9. The molecule has 1 aromatic carbocycles. The Kier molecular flexibility index (Phi) is 15.2. The van der Waals surface area contributed by atoms with E-state index in [-0.39, 0.29) is 50.7 Å². The van der Waals surface area contributed by atoms with Gasteiger partial charge in [0.1, 0.15) is 18.5 Å². The molecule has 0 aliphatic rings. The van der Waals surface area contributed by atoms with Crippen LogP contribution in [0.2, 0.25) is 0 Å². The maximum absolute atomic E-state index is 12.9. The summed E-state index contributed by atoms with van der Waals surface area (Å²) in [5, 5.41) is 3.97. The summed E-state index contributed by atoms with van der Waals surface area (Å²) in [6.45, 7) is 5.90. The third kappa shape index (κ3) is 13.1. The molecule has 9 nitrogen and oxygen atoms in total. The number of unbranched alkanes of at least 4 members (excludes halogenated alkanes) is 5. The molecular weight excluding hydrogens is 555 g/mol. The molecule has 12 heteroatoms. The molecule has 42 heavy (non-hydrogen) atoms. The molecule has 0 spiro atoms. The van der Waals surface area contributed by atoms with Gasteiger partial charge in [0.15, 0.2) is 0 Å². The largest absolute Gasteiger partial charge is 0.487 e. The quantitative estimate of drug-likeness (QED) is 0.139. The van der Waals surface area contributed by atoms with Crippen molar-refractivity contribution >= 4 is 5.97 Å². The van der Waals surface area contributed by atoms with Crippen molar-refractivity contribution in [2.75, 3.05) is 13.2 Å². The number of hydrogen-bond acceptors (Lipinski definition) is 7. The first-order chi connectivity index (χ1) is 20.0. The minimum atomic E-state index is -4.34. The van der Waals surface area contributed by atoms with Gasteiger partial charge in [-0.1, -0.05) is 51.7 Å². The van der Waals surface area contributed by atoms with Crippen LogP contribution in [0.25, 0.3) is 0 Å². The van der Waals surface area contributed by atoms with Crippen LogP contribution in [0.1, 0.15) is 90.5 Å². The van der Waals surface area contributed by atoms with Gasteiger partial charge in [-0.2, -0.15) is 13.2 Å². The van der Waals surface area contributed by atoms with Crippen LogP contribution in [-0.4, -0.2) is 45.8 Å². The molecule has 0 saturated carbocycles. The van der Waals surface area contributed by atoms with Crippen LogP contribution < -0.4 is 20.7 Å². The number of benzene rings is 1. The number of halogens is 3. The lowest BCUT2D eigenvalue weighted by Crippen LogP contribution is -2.42. The van der Waals surface area contributed by atoms with Crippen LogP contribution in [-0.2, 0) is 29.0 Å². The molecule has 0 aliphatic heterocycles. The number of carbonyl (C=O) groups is 1. The Labute approximate surface area is 245 Å². The molecule has 2 aromatic rings. The van der Waals surface area contributed by atoms with Crippen molar-refractivity contribution in [2.45, 2.75) is 117 Å². The number of rotatable bonds is 20. The second-order valence-corrected chi connectivity index (χ2v) is 10.3. The minimum Gasteiger partial charge on any atom is -0.487 e. The van der Waals surface area contributed by atoms with Gasteiger partial charge in [0, 0.05) is 25.9 Å². The molecule has 1 atom stereocenters. The molecule has 0 saturated heterocycles. The first kappa shape index (κ1) is 34.9. The smallest absolute Gasteiger partial charge is 0.389 e. The van der Waals surface area contributed by atoms with E-state index in [1.54, 1.807) is 6.92 Å². The molecule has 0 aliphatic carbocycles. The number of carbonyl (C=O) groups excluding carboxylic acids is 1. The van der Waals surface area contributed by atoms with Crippen molar-refractivity contribution in [1.29, 1.82) is 0 Å². The number of aryl methyl sites for hydroxylation is 2. The number of esters is 1. The Morgan fingerprint density at radius 3 is 2.33 bits per heavy atom. The van der Waals surface area contributed by atoms with Crippen LogP contribution in [0, 0.1) is 0 Å². The van der Waals surface area contributed by atoms with Gasteiger partial charge in [0.2, 0.25) is 0 Å². The fourth-order valence-corrected chi connectivity index (χ4v) is 4.19. The molecule has 236 valence electrons. The first-order valence-corrected chi connectivity index (χ1v) is 14.9. The van der Waals surface area contributed by atoms with Gasteiger partial charge in [-0.05, 0) is 56.7 Å². The first-order valence-electron chi connectivity index (χ1n) is 14.9. The third-order valence-electron chi connectivity index (χ3n) is 6.53. The van der Waals surface area contributed by atoms with Crippen LogP contribution in [0.5, 0.6) is 11.6 Å². The summed E-state index contributed by atoms with van der Waals surface area (Å²) in [4.78, 5) is 37.0. The molecule has 0 amide bonds. The lowest BCUT2D eigenvalue weighted by Gasteiger charge is -2.15. The van der Waals surface area contributed by atoms with Crippen molar-refractivity contribution in [3.05, 3.63) is 50.7 Å². The zero-order chi connectivity index (χ0) is 31.0. The number of nitrogens with zero attached hydrogens (tertiary/aromatic N) is 3. The lowest BCUT2D eigenvalue weighted by atomic mass is 10.1. The Morgan fingerprint density at radius 2 is 1.67 bits per heavy atom. The molecule has 0 N–H and O–H groups in total. The summed E-state index contributed by atoms with van der Waals surface area (Å²) in [5.74, 6) is 0.127. The van der Waals surface area contributed by atoms with Crippen LogP contribution in [0.3, 0.4) is 0 Å².